The molecule has 1 saturated heterocycles. The van der Waals surface area contributed by atoms with E-state index in [1.165, 1.54) is 0 Å². The van der Waals surface area contributed by atoms with Crippen LogP contribution in [0.5, 0.6) is 5.75 Å². The Morgan fingerprint density at radius 3 is 2.34 bits per heavy atom. The molecule has 0 aliphatic carbocycles. The Morgan fingerprint density at radius 2 is 1.72 bits per heavy atom. The van der Waals surface area contributed by atoms with Crippen LogP contribution < -0.4 is 10.1 Å². The number of hydrogen-bond acceptors (Lipinski definition) is 3. The maximum atomic E-state index is 12.8. The quantitative estimate of drug-likeness (QED) is 0.805. The molecule has 0 bridgehead atoms. The van der Waals surface area contributed by atoms with Gasteiger partial charge in [-0.1, -0.05) is 30.3 Å². The van der Waals surface area contributed by atoms with Crippen molar-refractivity contribution in [2.75, 3.05) is 32.1 Å². The average molecular weight is 396 g/mol. The lowest BCUT2D eigenvalue weighted by Crippen LogP contribution is -2.44. The van der Waals surface area contributed by atoms with Crippen molar-refractivity contribution in [1.29, 1.82) is 0 Å². The zero-order valence-corrected chi connectivity index (χ0v) is 17.1. The maximum Gasteiger partial charge on any atom is 0.321 e. The summed E-state index contributed by atoms with van der Waals surface area (Å²) in [6, 6.07) is 17.2. The van der Waals surface area contributed by atoms with Gasteiger partial charge in [0, 0.05) is 38.3 Å². The maximum absolute atomic E-state index is 12.8. The Hall–Kier alpha value is -3.02. The second-order valence-corrected chi connectivity index (χ2v) is 7.33. The van der Waals surface area contributed by atoms with E-state index in [4.69, 9.17) is 4.74 Å². The van der Waals surface area contributed by atoms with E-state index in [-0.39, 0.29) is 17.9 Å². The molecule has 0 spiro atoms. The number of carbonyl (C=O) groups excluding carboxylic acids is 2. The first-order chi connectivity index (χ1) is 14.1. The van der Waals surface area contributed by atoms with Crippen LogP contribution >= 0.6 is 0 Å². The Balaban J connectivity index is 1.46. The van der Waals surface area contributed by atoms with Gasteiger partial charge >= 0.3 is 6.03 Å². The molecule has 2 aromatic rings. The number of benzene rings is 2. The highest BCUT2D eigenvalue weighted by Gasteiger charge is 2.29. The van der Waals surface area contributed by atoms with Crippen LogP contribution in [-0.4, -0.2) is 48.5 Å². The van der Waals surface area contributed by atoms with Crippen molar-refractivity contribution in [1.82, 2.24) is 9.80 Å². The first-order valence-electron chi connectivity index (χ1n) is 10.1. The minimum absolute atomic E-state index is 0.0385. The van der Waals surface area contributed by atoms with Crippen LogP contribution in [0.25, 0.3) is 0 Å². The van der Waals surface area contributed by atoms with Crippen molar-refractivity contribution in [3.8, 4) is 5.75 Å². The van der Waals surface area contributed by atoms with Gasteiger partial charge < -0.3 is 19.9 Å². The Bertz CT molecular complexity index is 800. The van der Waals surface area contributed by atoms with Gasteiger partial charge in [0.15, 0.2) is 0 Å². The Labute approximate surface area is 172 Å². The summed E-state index contributed by atoms with van der Waals surface area (Å²) in [6.07, 6.45) is 1.38. The average Bonchev–Trinajstić information content (AvgIpc) is 2.75. The van der Waals surface area contributed by atoms with Crippen molar-refractivity contribution in [3.63, 3.8) is 0 Å². The monoisotopic (exact) mass is 395 g/mol. The first-order valence-corrected chi connectivity index (χ1v) is 10.1. The normalized spacial score (nSPS) is 14.3. The summed E-state index contributed by atoms with van der Waals surface area (Å²) in [7, 11) is 1.84. The standard InChI is InChI=1S/C23H29N3O3/c1-3-29-21-11-9-18(10-12-21)17-25(2)22(27)19-13-15-26(16-14-19)23(28)24-20-7-5-4-6-8-20/h4-12,19H,3,13-17H2,1-2H3,(H,24,28). The second-order valence-electron chi connectivity index (χ2n) is 7.33. The fourth-order valence-electron chi connectivity index (χ4n) is 3.57. The fourth-order valence-corrected chi connectivity index (χ4v) is 3.57. The molecule has 0 atom stereocenters. The Morgan fingerprint density at radius 1 is 1.07 bits per heavy atom. The number of amides is 3. The highest BCUT2D eigenvalue weighted by molar-refractivity contribution is 5.89. The van der Waals surface area contributed by atoms with Gasteiger partial charge in [0.1, 0.15) is 5.75 Å². The summed E-state index contributed by atoms with van der Waals surface area (Å²) in [5.74, 6) is 0.942. The van der Waals surface area contributed by atoms with Gasteiger partial charge in [-0.25, -0.2) is 4.79 Å². The highest BCUT2D eigenvalue weighted by atomic mass is 16.5. The number of rotatable bonds is 6. The number of ether oxygens (including phenoxy) is 1. The van der Waals surface area contributed by atoms with E-state index in [0.717, 1.165) is 17.0 Å². The van der Waals surface area contributed by atoms with E-state index < -0.39 is 0 Å². The number of piperidine rings is 1. The molecule has 0 radical (unpaired) electrons. The van der Waals surface area contributed by atoms with Crippen molar-refractivity contribution in [3.05, 3.63) is 60.2 Å². The van der Waals surface area contributed by atoms with E-state index in [0.29, 0.717) is 39.1 Å². The number of carbonyl (C=O) groups is 2. The van der Waals surface area contributed by atoms with E-state index in [1.807, 2.05) is 68.6 Å². The number of anilines is 1. The van der Waals surface area contributed by atoms with Gasteiger partial charge in [0.05, 0.1) is 6.61 Å². The topological polar surface area (TPSA) is 61.9 Å². The molecule has 1 fully saturated rings. The van der Waals surface area contributed by atoms with E-state index >= 15 is 0 Å². The third kappa shape index (κ3) is 5.73. The molecule has 29 heavy (non-hydrogen) atoms. The molecule has 1 heterocycles. The molecule has 3 rings (SSSR count). The van der Waals surface area contributed by atoms with Gasteiger partial charge in [-0.15, -0.1) is 0 Å². The van der Waals surface area contributed by atoms with Crippen LogP contribution in [0.4, 0.5) is 10.5 Å². The van der Waals surface area contributed by atoms with Crippen LogP contribution in [0, 0.1) is 5.92 Å². The zero-order chi connectivity index (χ0) is 20.6. The second kappa shape index (κ2) is 9.96. The van der Waals surface area contributed by atoms with Crippen LogP contribution in [-0.2, 0) is 11.3 Å². The SMILES string of the molecule is CCOc1ccc(CN(C)C(=O)C2CCN(C(=O)Nc3ccccc3)CC2)cc1. The molecule has 1 aliphatic heterocycles. The summed E-state index contributed by atoms with van der Waals surface area (Å²) < 4.78 is 5.46. The number of likely N-dealkylation sites (tertiary alicyclic amines) is 1. The minimum Gasteiger partial charge on any atom is -0.494 e. The third-order valence-corrected chi connectivity index (χ3v) is 5.19. The number of hydrogen-bond donors (Lipinski definition) is 1. The van der Waals surface area contributed by atoms with Crippen molar-refractivity contribution in [2.24, 2.45) is 5.92 Å². The summed E-state index contributed by atoms with van der Waals surface area (Å²) >= 11 is 0. The molecular formula is C23H29N3O3. The third-order valence-electron chi connectivity index (χ3n) is 5.19. The van der Waals surface area contributed by atoms with Crippen LogP contribution in [0.1, 0.15) is 25.3 Å². The first kappa shape index (κ1) is 20.7. The molecule has 6 nitrogen and oxygen atoms in total. The van der Waals surface area contributed by atoms with Crippen molar-refractivity contribution in [2.45, 2.75) is 26.3 Å². The van der Waals surface area contributed by atoms with Crippen LogP contribution in [0.3, 0.4) is 0 Å². The number of para-hydroxylation sites is 1. The summed E-state index contributed by atoms with van der Waals surface area (Å²) in [5.41, 5.74) is 1.86. The lowest BCUT2D eigenvalue weighted by atomic mass is 9.95. The van der Waals surface area contributed by atoms with Gasteiger partial charge in [-0.05, 0) is 49.6 Å². The van der Waals surface area contributed by atoms with Crippen molar-refractivity contribution < 1.29 is 14.3 Å². The molecule has 0 unspecified atom stereocenters. The molecule has 3 amide bonds. The number of urea groups is 1. The van der Waals surface area contributed by atoms with Gasteiger partial charge in [0.25, 0.3) is 0 Å². The summed E-state index contributed by atoms with van der Waals surface area (Å²) in [6.45, 7) is 4.34. The minimum atomic E-state index is -0.107. The largest absolute Gasteiger partial charge is 0.494 e. The fraction of sp³-hybridized carbons (Fsp3) is 0.391. The highest BCUT2D eigenvalue weighted by Crippen LogP contribution is 2.21. The van der Waals surface area contributed by atoms with Gasteiger partial charge in [-0.3, -0.25) is 4.79 Å². The predicted octanol–water partition coefficient (Wildman–Crippen LogP) is 3.99. The zero-order valence-electron chi connectivity index (χ0n) is 17.1. The smallest absolute Gasteiger partial charge is 0.321 e. The van der Waals surface area contributed by atoms with E-state index in [2.05, 4.69) is 5.32 Å². The molecule has 1 N–H and O–H groups in total. The lowest BCUT2D eigenvalue weighted by Gasteiger charge is -2.33. The molecule has 2 aromatic carbocycles. The summed E-state index contributed by atoms with van der Waals surface area (Å²) in [5, 5.41) is 2.91. The predicted molar refractivity (Wildman–Crippen MR) is 114 cm³/mol. The number of nitrogens with zero attached hydrogens (tertiary/aromatic N) is 2. The number of nitrogens with one attached hydrogen (secondary N) is 1. The van der Waals surface area contributed by atoms with Crippen LogP contribution in [0.2, 0.25) is 0 Å². The van der Waals surface area contributed by atoms with E-state index in [9.17, 15) is 9.59 Å². The molecule has 154 valence electrons. The van der Waals surface area contributed by atoms with Gasteiger partial charge in [-0.2, -0.15) is 0 Å². The van der Waals surface area contributed by atoms with Crippen molar-refractivity contribution >= 4 is 17.6 Å². The molecule has 6 heteroatoms. The van der Waals surface area contributed by atoms with Gasteiger partial charge in [0.2, 0.25) is 5.91 Å². The van der Waals surface area contributed by atoms with E-state index in [1.54, 1.807) is 9.80 Å². The molecular weight excluding hydrogens is 366 g/mol. The lowest BCUT2D eigenvalue weighted by molar-refractivity contribution is -0.136. The molecule has 0 aromatic heterocycles. The van der Waals surface area contributed by atoms with Crippen LogP contribution in [0.15, 0.2) is 54.6 Å². The molecule has 0 saturated carbocycles. The molecule has 1 aliphatic rings. The Kier molecular flexibility index (Phi) is 7.11. The summed E-state index contributed by atoms with van der Waals surface area (Å²) in [4.78, 5) is 28.8.